The quantitative estimate of drug-likeness (QED) is 0.416. The number of hydrogen-bond acceptors (Lipinski definition) is 0. The van der Waals surface area contributed by atoms with E-state index in [1.807, 2.05) is 0 Å². The molecule has 0 N–H and O–H groups in total. The number of hydrogen-bond donors (Lipinski definition) is 0. The van der Waals surface area contributed by atoms with Crippen LogP contribution in [0.3, 0.4) is 0 Å². The minimum Gasteiger partial charge on any atom is -0.344 e. The zero-order valence-corrected chi connectivity index (χ0v) is 20.6. The van der Waals surface area contributed by atoms with E-state index < -0.39 is 0 Å². The van der Waals surface area contributed by atoms with Crippen molar-refractivity contribution in [1.29, 1.82) is 0 Å². The largest absolute Gasteiger partial charge is 2.00 e. The summed E-state index contributed by atoms with van der Waals surface area (Å²) in [5, 5.41) is 0. The van der Waals surface area contributed by atoms with Crippen LogP contribution < -0.4 is 0 Å². The molecule has 2 aliphatic rings. The molecule has 2 aliphatic carbocycles. The molecule has 1 heteroatoms. The first kappa shape index (κ1) is 22.8. The Bertz CT molecular complexity index is 632. The van der Waals surface area contributed by atoms with E-state index in [1.54, 1.807) is 17.1 Å². The first-order valence-corrected chi connectivity index (χ1v) is 9.35. The molecule has 0 aromatic carbocycles. The molecule has 25 heavy (non-hydrogen) atoms. The van der Waals surface area contributed by atoms with Crippen LogP contribution in [0, 0.1) is 23.7 Å². The monoisotopic (exact) mass is 414 g/mol. The number of rotatable bonds is 4. The van der Waals surface area contributed by atoms with Crippen LogP contribution in [-0.2, 0) is 26.2 Å². The predicted molar refractivity (Wildman–Crippen MR) is 108 cm³/mol. The summed E-state index contributed by atoms with van der Waals surface area (Å²) in [4.78, 5) is 0. The van der Waals surface area contributed by atoms with Gasteiger partial charge in [-0.1, -0.05) is 66.5 Å². The Balaban J connectivity index is 0.00000312. The third kappa shape index (κ3) is 3.24. The third-order valence-corrected chi connectivity index (χ3v) is 7.16. The molecule has 0 aromatic heterocycles. The van der Waals surface area contributed by atoms with E-state index >= 15 is 0 Å². The maximum Gasteiger partial charge on any atom is 2.00 e. The van der Waals surface area contributed by atoms with Crippen LogP contribution in [0.25, 0.3) is 0 Å². The maximum absolute atomic E-state index is 4.20. The van der Waals surface area contributed by atoms with Gasteiger partial charge in [-0.05, 0) is 24.7 Å². The fourth-order valence-electron chi connectivity index (χ4n) is 4.95. The molecular weight excluding hydrogens is 379 g/mol. The molecule has 0 fully saturated rings. The Kier molecular flexibility index (Phi) is 6.72. The molecule has 2 rings (SSSR count). The van der Waals surface area contributed by atoms with Gasteiger partial charge in [0, 0.05) is 0 Å². The first-order valence-electron chi connectivity index (χ1n) is 9.35. The second-order valence-electron chi connectivity index (χ2n) is 8.83. The molecule has 0 spiro atoms. The van der Waals surface area contributed by atoms with Crippen LogP contribution in [0.4, 0.5) is 0 Å². The van der Waals surface area contributed by atoms with Crippen LogP contribution in [0.15, 0.2) is 44.6 Å². The summed E-state index contributed by atoms with van der Waals surface area (Å²) >= 11 is 0. The van der Waals surface area contributed by atoms with E-state index in [0.717, 1.165) is 12.8 Å². The van der Waals surface area contributed by atoms with Crippen molar-refractivity contribution >= 4 is 0 Å². The first-order chi connectivity index (χ1) is 10.9. The molecule has 0 aliphatic heterocycles. The van der Waals surface area contributed by atoms with Crippen molar-refractivity contribution < 1.29 is 26.2 Å². The van der Waals surface area contributed by atoms with Gasteiger partial charge in [-0.2, -0.15) is 6.42 Å². The van der Waals surface area contributed by atoms with Crippen LogP contribution in [0.1, 0.15) is 82.1 Å². The molecular formula is C24H36Zr. The molecule has 0 bridgehead atoms. The third-order valence-electron chi connectivity index (χ3n) is 7.16. The molecule has 0 amide bonds. The van der Waals surface area contributed by atoms with Gasteiger partial charge in [-0.3, -0.25) is 0 Å². The summed E-state index contributed by atoms with van der Waals surface area (Å²) in [6, 6.07) is 0. The van der Waals surface area contributed by atoms with Crippen molar-refractivity contribution in [2.45, 2.75) is 82.1 Å². The van der Waals surface area contributed by atoms with Gasteiger partial charge >= 0.3 is 26.2 Å². The van der Waals surface area contributed by atoms with Crippen molar-refractivity contribution in [3.63, 3.8) is 0 Å². The van der Waals surface area contributed by atoms with Gasteiger partial charge in [0.1, 0.15) is 0 Å². The van der Waals surface area contributed by atoms with Crippen molar-refractivity contribution in [1.82, 2.24) is 0 Å². The van der Waals surface area contributed by atoms with E-state index in [1.165, 1.54) is 33.4 Å². The molecule has 0 radical (unpaired) electrons. The predicted octanol–water partition coefficient (Wildman–Crippen LogP) is 7.56. The average molecular weight is 416 g/mol. The summed E-state index contributed by atoms with van der Waals surface area (Å²) in [6.45, 7) is 27.6. The Morgan fingerprint density at radius 2 is 1.00 bits per heavy atom. The van der Waals surface area contributed by atoms with Crippen LogP contribution in [0.5, 0.6) is 0 Å². The summed E-state index contributed by atoms with van der Waals surface area (Å²) in [6.07, 6.45) is 2.01. The fourth-order valence-corrected chi connectivity index (χ4v) is 4.95. The van der Waals surface area contributed by atoms with Crippen molar-refractivity contribution in [3.8, 4) is 0 Å². The zero-order chi connectivity index (χ0) is 18.6. The molecule has 0 nitrogen and oxygen atoms in total. The Morgan fingerprint density at radius 1 is 0.680 bits per heavy atom. The molecule has 0 saturated heterocycles. The minimum absolute atomic E-state index is 0. The second kappa shape index (κ2) is 7.38. The molecule has 0 atom stereocenters. The van der Waals surface area contributed by atoms with E-state index in [0.29, 0.717) is 0 Å². The van der Waals surface area contributed by atoms with Crippen LogP contribution >= 0.6 is 0 Å². The molecule has 0 heterocycles. The van der Waals surface area contributed by atoms with Gasteiger partial charge in [-0.15, -0.1) is 45.8 Å². The Morgan fingerprint density at radius 3 is 1.20 bits per heavy atom. The molecule has 0 unspecified atom stereocenters. The Hall–Kier alpha value is -0.287. The van der Waals surface area contributed by atoms with Gasteiger partial charge in [-0.25, -0.2) is 0 Å². The van der Waals surface area contributed by atoms with Crippen molar-refractivity contribution in [2.75, 3.05) is 0 Å². The standard InChI is InChI=1S/C24H36.Zr/c1-12-13-20(21-16(4)14(2)18(6)23(21,8)9)22-17(5)15(3)19(7)24(22,10)11;/h1,12-13H2,2-11H3;/q-2;+2. The number of allylic oxidation sites excluding steroid dienone is 8. The van der Waals surface area contributed by atoms with E-state index in [4.69, 9.17) is 0 Å². The van der Waals surface area contributed by atoms with Gasteiger partial charge in [0.15, 0.2) is 0 Å². The molecule has 136 valence electrons. The normalized spacial score (nSPS) is 22.2. The van der Waals surface area contributed by atoms with Crippen LogP contribution in [0.2, 0.25) is 0 Å². The SMILES string of the molecule is [CH2-]CC[C-](C1=C(C)C(C)=C(C)C1(C)C)C1=C(C)C(C)=C(C)C1(C)C.[Zr+2]. The fraction of sp³-hybridized carbons (Fsp3) is 0.583. The molecule has 0 aromatic rings. The topological polar surface area (TPSA) is 0 Å². The smallest absolute Gasteiger partial charge is 0.344 e. The van der Waals surface area contributed by atoms with E-state index in [2.05, 4.69) is 76.2 Å². The van der Waals surface area contributed by atoms with Crippen molar-refractivity contribution in [2.24, 2.45) is 10.8 Å². The van der Waals surface area contributed by atoms with Gasteiger partial charge in [0.05, 0.1) is 0 Å². The maximum atomic E-state index is 4.20. The van der Waals surface area contributed by atoms with E-state index in [9.17, 15) is 0 Å². The zero-order valence-electron chi connectivity index (χ0n) is 18.1. The van der Waals surface area contributed by atoms with Gasteiger partial charge < -0.3 is 6.92 Å². The average Bonchev–Trinajstić information content (AvgIpc) is 2.74. The van der Waals surface area contributed by atoms with Crippen molar-refractivity contribution in [3.05, 3.63) is 57.4 Å². The summed E-state index contributed by atoms with van der Waals surface area (Å²) in [5.74, 6) is 1.56. The van der Waals surface area contributed by atoms with Gasteiger partial charge in [0.2, 0.25) is 0 Å². The second-order valence-corrected chi connectivity index (χ2v) is 8.83. The van der Waals surface area contributed by atoms with Crippen LogP contribution in [-0.4, -0.2) is 0 Å². The summed E-state index contributed by atoms with van der Waals surface area (Å²) in [5.41, 5.74) is 12.3. The summed E-state index contributed by atoms with van der Waals surface area (Å²) < 4.78 is 0. The molecule has 0 saturated carbocycles. The van der Waals surface area contributed by atoms with Gasteiger partial charge in [0.25, 0.3) is 0 Å². The van der Waals surface area contributed by atoms with E-state index in [-0.39, 0.29) is 37.0 Å². The Labute approximate surface area is 176 Å². The summed E-state index contributed by atoms with van der Waals surface area (Å²) in [7, 11) is 0. The minimum atomic E-state index is 0.